The van der Waals surface area contributed by atoms with Crippen LogP contribution in [0.1, 0.15) is 36.4 Å². The molecule has 2 aromatic carbocycles. The summed E-state index contributed by atoms with van der Waals surface area (Å²) in [5, 5.41) is 12.5. The molecule has 1 aliphatic heterocycles. The van der Waals surface area contributed by atoms with Gasteiger partial charge in [-0.2, -0.15) is 0 Å². The summed E-state index contributed by atoms with van der Waals surface area (Å²) in [6.07, 6.45) is 3.62. The van der Waals surface area contributed by atoms with E-state index in [4.69, 9.17) is 23.2 Å². The molecular weight excluding hydrogens is 383 g/mol. The first-order valence-electron chi connectivity index (χ1n) is 9.27. The SMILES string of the molecule is O=C(Cc1ccc(Cl)c(Cl)c1)N(O)[C@H](CN1CCCCC1)c1ccccc1. The van der Waals surface area contributed by atoms with Gasteiger partial charge in [0.25, 0.3) is 5.91 Å². The van der Waals surface area contributed by atoms with Crippen LogP contribution in [-0.2, 0) is 11.2 Å². The van der Waals surface area contributed by atoms with Crippen LogP contribution in [0.15, 0.2) is 48.5 Å². The Morgan fingerprint density at radius 3 is 2.41 bits per heavy atom. The fourth-order valence-corrected chi connectivity index (χ4v) is 3.79. The molecule has 3 rings (SSSR count). The van der Waals surface area contributed by atoms with E-state index in [2.05, 4.69) is 4.90 Å². The summed E-state index contributed by atoms with van der Waals surface area (Å²) < 4.78 is 0. The minimum absolute atomic E-state index is 0.0662. The van der Waals surface area contributed by atoms with E-state index in [1.165, 1.54) is 6.42 Å². The molecule has 1 saturated heterocycles. The van der Waals surface area contributed by atoms with Gasteiger partial charge in [-0.3, -0.25) is 10.0 Å². The number of nitrogens with zero attached hydrogens (tertiary/aromatic N) is 2. The molecular formula is C21H24Cl2N2O2. The monoisotopic (exact) mass is 406 g/mol. The predicted molar refractivity (Wildman–Crippen MR) is 108 cm³/mol. The number of amides is 1. The third-order valence-electron chi connectivity index (χ3n) is 4.95. The molecule has 27 heavy (non-hydrogen) atoms. The predicted octanol–water partition coefficient (Wildman–Crippen LogP) is 4.98. The zero-order valence-electron chi connectivity index (χ0n) is 15.2. The van der Waals surface area contributed by atoms with E-state index in [0.29, 0.717) is 16.6 Å². The molecule has 0 saturated carbocycles. The zero-order valence-corrected chi connectivity index (χ0v) is 16.7. The van der Waals surface area contributed by atoms with Crippen LogP contribution < -0.4 is 0 Å². The molecule has 0 aromatic heterocycles. The Morgan fingerprint density at radius 1 is 1.04 bits per heavy atom. The van der Waals surface area contributed by atoms with Crippen LogP contribution in [0.25, 0.3) is 0 Å². The smallest absolute Gasteiger partial charge is 0.250 e. The number of hydroxylamine groups is 2. The lowest BCUT2D eigenvalue weighted by Crippen LogP contribution is -2.42. The van der Waals surface area contributed by atoms with Gasteiger partial charge in [-0.1, -0.05) is 66.0 Å². The number of halogens is 2. The van der Waals surface area contributed by atoms with Crippen LogP contribution >= 0.6 is 23.2 Å². The van der Waals surface area contributed by atoms with Crippen molar-refractivity contribution in [2.75, 3.05) is 19.6 Å². The Balaban J connectivity index is 1.75. The number of benzene rings is 2. The van der Waals surface area contributed by atoms with Crippen molar-refractivity contribution in [2.24, 2.45) is 0 Å². The Labute approximate surface area is 170 Å². The molecule has 0 unspecified atom stereocenters. The summed E-state index contributed by atoms with van der Waals surface area (Å²) in [7, 11) is 0. The van der Waals surface area contributed by atoms with Crippen LogP contribution in [0.3, 0.4) is 0 Å². The highest BCUT2D eigenvalue weighted by Gasteiger charge is 2.27. The lowest BCUT2D eigenvalue weighted by Gasteiger charge is -2.34. The highest BCUT2D eigenvalue weighted by molar-refractivity contribution is 6.42. The Kier molecular flexibility index (Phi) is 7.13. The molecule has 0 radical (unpaired) electrons. The Morgan fingerprint density at radius 2 is 1.74 bits per heavy atom. The topological polar surface area (TPSA) is 43.8 Å². The van der Waals surface area contributed by atoms with E-state index in [9.17, 15) is 10.0 Å². The molecule has 4 nitrogen and oxygen atoms in total. The van der Waals surface area contributed by atoms with Crippen LogP contribution in [0.2, 0.25) is 10.0 Å². The van der Waals surface area contributed by atoms with Crippen LogP contribution in [0.5, 0.6) is 0 Å². The lowest BCUT2D eigenvalue weighted by molar-refractivity contribution is -0.178. The van der Waals surface area contributed by atoms with Crippen molar-refractivity contribution in [3.8, 4) is 0 Å². The first kappa shape index (κ1) is 20.2. The minimum Gasteiger partial charge on any atom is -0.301 e. The van der Waals surface area contributed by atoms with E-state index in [0.717, 1.165) is 42.1 Å². The highest BCUT2D eigenvalue weighted by atomic mass is 35.5. The number of carbonyl (C=O) groups excluding carboxylic acids is 1. The van der Waals surface area contributed by atoms with Gasteiger partial charge in [0.2, 0.25) is 0 Å². The molecule has 1 aliphatic rings. The second-order valence-corrected chi connectivity index (χ2v) is 7.77. The average molecular weight is 407 g/mol. The van der Waals surface area contributed by atoms with E-state index >= 15 is 0 Å². The summed E-state index contributed by atoms with van der Waals surface area (Å²) in [6.45, 7) is 2.62. The Bertz CT molecular complexity index is 764. The molecule has 0 aliphatic carbocycles. The maximum atomic E-state index is 12.7. The first-order valence-corrected chi connectivity index (χ1v) is 10.0. The molecule has 0 bridgehead atoms. The number of carbonyl (C=O) groups is 1. The molecule has 144 valence electrons. The van der Waals surface area contributed by atoms with Gasteiger partial charge in [0.15, 0.2) is 0 Å². The summed E-state index contributed by atoms with van der Waals surface area (Å²) in [5.41, 5.74) is 1.64. The van der Waals surface area contributed by atoms with Crippen LogP contribution in [0, 0.1) is 0 Å². The van der Waals surface area contributed by atoms with Crippen molar-refractivity contribution in [3.63, 3.8) is 0 Å². The van der Waals surface area contributed by atoms with Crippen molar-refractivity contribution >= 4 is 29.1 Å². The van der Waals surface area contributed by atoms with Gasteiger partial charge in [0.05, 0.1) is 22.5 Å². The molecule has 6 heteroatoms. The number of hydrogen-bond acceptors (Lipinski definition) is 3. The number of hydrogen-bond donors (Lipinski definition) is 1. The summed E-state index contributed by atoms with van der Waals surface area (Å²) in [5.74, 6) is -0.362. The molecule has 1 atom stereocenters. The van der Waals surface area contributed by atoms with E-state index in [-0.39, 0.29) is 12.3 Å². The minimum atomic E-state index is -0.403. The maximum absolute atomic E-state index is 12.7. The summed E-state index contributed by atoms with van der Waals surface area (Å²) in [4.78, 5) is 15.1. The third kappa shape index (κ3) is 5.45. The fraction of sp³-hybridized carbons (Fsp3) is 0.381. The van der Waals surface area contributed by atoms with Crippen molar-refractivity contribution < 1.29 is 10.0 Å². The van der Waals surface area contributed by atoms with Crippen molar-refractivity contribution in [1.29, 1.82) is 0 Å². The van der Waals surface area contributed by atoms with Gasteiger partial charge in [-0.25, -0.2) is 5.06 Å². The molecule has 1 heterocycles. The second-order valence-electron chi connectivity index (χ2n) is 6.95. The molecule has 0 spiro atoms. The molecule has 1 fully saturated rings. The van der Waals surface area contributed by atoms with Gasteiger partial charge in [-0.05, 0) is 49.2 Å². The van der Waals surface area contributed by atoms with Gasteiger partial charge < -0.3 is 4.90 Å². The quantitative estimate of drug-likeness (QED) is 0.543. The number of likely N-dealkylation sites (tertiary alicyclic amines) is 1. The van der Waals surface area contributed by atoms with E-state index < -0.39 is 6.04 Å². The third-order valence-corrected chi connectivity index (χ3v) is 5.69. The van der Waals surface area contributed by atoms with Crippen LogP contribution in [-0.4, -0.2) is 40.7 Å². The molecule has 1 amide bonds. The normalized spacial score (nSPS) is 16.1. The van der Waals surface area contributed by atoms with Crippen molar-refractivity contribution in [3.05, 3.63) is 69.7 Å². The fourth-order valence-electron chi connectivity index (χ4n) is 3.46. The van der Waals surface area contributed by atoms with Gasteiger partial charge >= 0.3 is 0 Å². The largest absolute Gasteiger partial charge is 0.301 e. The van der Waals surface area contributed by atoms with Crippen molar-refractivity contribution in [2.45, 2.75) is 31.7 Å². The number of rotatable bonds is 6. The van der Waals surface area contributed by atoms with Crippen molar-refractivity contribution in [1.82, 2.24) is 9.96 Å². The zero-order chi connectivity index (χ0) is 19.2. The van der Waals surface area contributed by atoms with Gasteiger partial charge in [0.1, 0.15) is 0 Å². The standard InChI is InChI=1S/C21H24Cl2N2O2/c22-18-10-9-16(13-19(18)23)14-21(26)25(27)20(17-7-3-1-4-8-17)15-24-11-5-2-6-12-24/h1,3-4,7-10,13,20,27H,2,5-6,11-12,14-15H2/t20-/m1/s1. The van der Waals surface area contributed by atoms with E-state index in [1.54, 1.807) is 18.2 Å². The van der Waals surface area contributed by atoms with E-state index in [1.807, 2.05) is 30.3 Å². The second kappa shape index (κ2) is 9.56. The summed E-state index contributed by atoms with van der Waals surface area (Å²) >= 11 is 12.0. The highest BCUT2D eigenvalue weighted by Crippen LogP contribution is 2.25. The molecule has 1 N–H and O–H groups in total. The maximum Gasteiger partial charge on any atom is 0.250 e. The Hall–Kier alpha value is -1.59. The average Bonchev–Trinajstić information content (AvgIpc) is 2.70. The first-order chi connectivity index (χ1) is 13.0. The van der Waals surface area contributed by atoms with Gasteiger partial charge in [-0.15, -0.1) is 0 Å². The summed E-state index contributed by atoms with van der Waals surface area (Å²) in [6, 6.07) is 14.4. The molecule has 2 aromatic rings. The van der Waals surface area contributed by atoms with Gasteiger partial charge in [0, 0.05) is 6.54 Å². The lowest BCUT2D eigenvalue weighted by atomic mass is 10.0. The number of piperidine rings is 1. The van der Waals surface area contributed by atoms with Crippen LogP contribution in [0.4, 0.5) is 0 Å².